The number of carbonyl (C=O) groups is 1. The maximum Gasteiger partial charge on any atom is 0.275 e. The molecule has 0 aliphatic carbocycles. The Bertz CT molecular complexity index is 1130. The van der Waals surface area contributed by atoms with Crippen molar-refractivity contribution >= 4 is 34.0 Å². The molecule has 0 saturated carbocycles. The maximum atomic E-state index is 13.9. The first-order valence-electron chi connectivity index (χ1n) is 7.96. The number of hydrogen-bond donors (Lipinski definition) is 1. The Kier molecular flexibility index (Phi) is 4.00. The summed E-state index contributed by atoms with van der Waals surface area (Å²) in [6.07, 6.45) is 3.68. The van der Waals surface area contributed by atoms with Crippen molar-refractivity contribution in [2.75, 3.05) is 5.32 Å². The topological polar surface area (TPSA) is 59.8 Å². The fourth-order valence-electron chi connectivity index (χ4n) is 2.79. The third-order valence-corrected chi connectivity index (χ3v) is 4.95. The summed E-state index contributed by atoms with van der Waals surface area (Å²) in [6.45, 7) is 1.79. The number of thiazole rings is 1. The first-order valence-corrected chi connectivity index (χ1v) is 8.84. The molecule has 1 aromatic carbocycles. The molecule has 1 N–H and O–H groups in total. The van der Waals surface area contributed by atoms with Gasteiger partial charge in [0, 0.05) is 35.8 Å². The predicted octanol–water partition coefficient (Wildman–Crippen LogP) is 4.40. The molecule has 0 atom stereocenters. The van der Waals surface area contributed by atoms with Crippen molar-refractivity contribution < 1.29 is 9.18 Å². The average molecular weight is 366 g/mol. The molecule has 0 aliphatic rings. The summed E-state index contributed by atoms with van der Waals surface area (Å²) in [6, 6.07) is 8.51. The molecule has 4 rings (SSSR count). The number of carbonyl (C=O) groups excluding carboxylic acids is 1. The number of aryl methyl sites for hydroxylation is 2. The van der Waals surface area contributed by atoms with Gasteiger partial charge in [-0.25, -0.2) is 14.4 Å². The first kappa shape index (κ1) is 16.4. The fourth-order valence-corrected chi connectivity index (χ4v) is 3.62. The van der Waals surface area contributed by atoms with Crippen molar-refractivity contribution in [3.63, 3.8) is 0 Å². The maximum absolute atomic E-state index is 13.9. The monoisotopic (exact) mass is 366 g/mol. The summed E-state index contributed by atoms with van der Waals surface area (Å²) >= 11 is 1.37. The van der Waals surface area contributed by atoms with Crippen molar-refractivity contribution in [2.45, 2.75) is 6.92 Å². The van der Waals surface area contributed by atoms with Gasteiger partial charge < -0.3 is 9.88 Å². The van der Waals surface area contributed by atoms with Crippen molar-refractivity contribution in [3.05, 3.63) is 65.2 Å². The van der Waals surface area contributed by atoms with Gasteiger partial charge in [-0.2, -0.15) is 0 Å². The summed E-state index contributed by atoms with van der Waals surface area (Å²) in [5, 5.41) is 5.94. The predicted molar refractivity (Wildman–Crippen MR) is 101 cm³/mol. The number of pyridine rings is 1. The van der Waals surface area contributed by atoms with Crippen LogP contribution in [-0.2, 0) is 7.05 Å². The van der Waals surface area contributed by atoms with Crippen LogP contribution in [0.4, 0.5) is 10.1 Å². The Balaban J connectivity index is 1.64. The van der Waals surface area contributed by atoms with Crippen LogP contribution in [-0.4, -0.2) is 20.4 Å². The number of anilines is 1. The lowest BCUT2D eigenvalue weighted by Gasteiger charge is -2.05. The van der Waals surface area contributed by atoms with Gasteiger partial charge in [0.2, 0.25) is 0 Å². The molecule has 4 aromatic rings. The van der Waals surface area contributed by atoms with Crippen molar-refractivity contribution in [2.24, 2.45) is 7.05 Å². The molecule has 1 amide bonds. The lowest BCUT2D eigenvalue weighted by atomic mass is 10.2. The highest BCUT2D eigenvalue weighted by molar-refractivity contribution is 7.13. The van der Waals surface area contributed by atoms with E-state index in [1.165, 1.54) is 17.4 Å². The number of nitrogens with zero attached hydrogens (tertiary/aromatic N) is 3. The second-order valence-corrected chi connectivity index (χ2v) is 6.86. The van der Waals surface area contributed by atoms with Gasteiger partial charge in [0.05, 0.1) is 5.69 Å². The van der Waals surface area contributed by atoms with Crippen molar-refractivity contribution in [1.82, 2.24) is 14.5 Å². The number of hydrogen-bond acceptors (Lipinski definition) is 4. The highest BCUT2D eigenvalue weighted by atomic mass is 32.1. The second-order valence-electron chi connectivity index (χ2n) is 6.00. The molecule has 0 unspecified atom stereocenters. The third-order valence-electron chi connectivity index (χ3n) is 4.07. The van der Waals surface area contributed by atoms with E-state index < -0.39 is 11.7 Å². The lowest BCUT2D eigenvalue weighted by Crippen LogP contribution is -2.13. The minimum atomic E-state index is -0.464. The zero-order chi connectivity index (χ0) is 18.3. The van der Waals surface area contributed by atoms with Gasteiger partial charge in [0.1, 0.15) is 22.2 Å². The van der Waals surface area contributed by atoms with Crippen LogP contribution < -0.4 is 5.32 Å². The van der Waals surface area contributed by atoms with Crippen LogP contribution in [0.15, 0.2) is 48.1 Å². The van der Waals surface area contributed by atoms with E-state index in [0.717, 1.165) is 27.2 Å². The highest BCUT2D eigenvalue weighted by Crippen LogP contribution is 2.31. The van der Waals surface area contributed by atoms with E-state index in [9.17, 15) is 9.18 Å². The number of halogens is 1. The molecule has 3 heterocycles. The Labute approximate surface area is 153 Å². The molecule has 0 aliphatic heterocycles. The molecule has 0 fully saturated rings. The fraction of sp³-hybridized carbons (Fsp3) is 0.105. The number of fused-ring (bicyclic) bond motifs is 1. The van der Waals surface area contributed by atoms with Crippen molar-refractivity contribution in [1.29, 1.82) is 0 Å². The highest BCUT2D eigenvalue weighted by Gasteiger charge is 2.17. The average Bonchev–Trinajstić information content (AvgIpc) is 3.23. The van der Waals surface area contributed by atoms with E-state index in [4.69, 9.17) is 0 Å². The minimum Gasteiger partial charge on any atom is -0.335 e. The lowest BCUT2D eigenvalue weighted by molar-refractivity contribution is 0.102. The van der Waals surface area contributed by atoms with Crippen LogP contribution >= 0.6 is 11.3 Å². The van der Waals surface area contributed by atoms with Crippen LogP contribution in [0.5, 0.6) is 0 Å². The molecule has 0 radical (unpaired) electrons. The number of aromatic nitrogens is 3. The molecule has 0 bridgehead atoms. The summed E-state index contributed by atoms with van der Waals surface area (Å²) < 4.78 is 15.9. The van der Waals surface area contributed by atoms with Gasteiger partial charge in [0.15, 0.2) is 0 Å². The zero-order valence-electron chi connectivity index (χ0n) is 14.2. The van der Waals surface area contributed by atoms with E-state index >= 15 is 0 Å². The summed E-state index contributed by atoms with van der Waals surface area (Å²) in [4.78, 5) is 21.2. The molecule has 130 valence electrons. The SMILES string of the molecule is Cc1ccc(NC(=O)c2csc(-c3cn(C)c4ncccc34)n2)c(F)c1. The molecule has 5 nitrogen and oxygen atoms in total. The minimum absolute atomic E-state index is 0.143. The Morgan fingerprint density at radius 3 is 2.96 bits per heavy atom. The summed E-state index contributed by atoms with van der Waals surface area (Å²) in [7, 11) is 1.92. The van der Waals surface area contributed by atoms with Crippen LogP contribution in [0.3, 0.4) is 0 Å². The largest absolute Gasteiger partial charge is 0.335 e. The van der Waals surface area contributed by atoms with Crippen LogP contribution in [0, 0.1) is 12.7 Å². The second kappa shape index (κ2) is 6.34. The van der Waals surface area contributed by atoms with Crippen molar-refractivity contribution in [3.8, 4) is 10.6 Å². The Morgan fingerprint density at radius 2 is 2.15 bits per heavy atom. The molecule has 26 heavy (non-hydrogen) atoms. The molecule has 3 aromatic heterocycles. The van der Waals surface area contributed by atoms with Gasteiger partial charge in [-0.05, 0) is 36.8 Å². The van der Waals surface area contributed by atoms with E-state index in [1.54, 1.807) is 30.6 Å². The number of amides is 1. The summed E-state index contributed by atoms with van der Waals surface area (Å²) in [5.41, 5.74) is 2.96. The number of benzene rings is 1. The zero-order valence-corrected chi connectivity index (χ0v) is 15.0. The van der Waals surface area contributed by atoms with E-state index in [-0.39, 0.29) is 11.4 Å². The standard InChI is InChI=1S/C19H15FN4OS/c1-11-5-6-15(14(20)8-11)22-18(25)16-10-26-19(23-16)13-9-24(2)17-12(13)4-3-7-21-17/h3-10H,1-2H3,(H,22,25). The van der Waals surface area contributed by atoms with E-state index in [0.29, 0.717) is 0 Å². The summed E-state index contributed by atoms with van der Waals surface area (Å²) in [5.74, 6) is -0.900. The third kappa shape index (κ3) is 2.86. The molecule has 0 spiro atoms. The normalized spacial score (nSPS) is 11.0. The molecular formula is C19H15FN4OS. The number of rotatable bonds is 3. The van der Waals surface area contributed by atoms with Gasteiger partial charge in [0.25, 0.3) is 5.91 Å². The van der Waals surface area contributed by atoms with E-state index in [2.05, 4.69) is 15.3 Å². The van der Waals surface area contributed by atoms with Crippen LogP contribution in [0.25, 0.3) is 21.6 Å². The quantitative estimate of drug-likeness (QED) is 0.585. The van der Waals surface area contributed by atoms with Gasteiger partial charge >= 0.3 is 0 Å². The Hall–Kier alpha value is -3.06. The first-order chi connectivity index (χ1) is 12.5. The number of nitrogens with one attached hydrogen (secondary N) is 1. The van der Waals surface area contributed by atoms with Gasteiger partial charge in [-0.15, -0.1) is 11.3 Å². The van der Waals surface area contributed by atoms with E-state index in [1.807, 2.05) is 29.9 Å². The molecule has 7 heteroatoms. The van der Waals surface area contributed by atoms with Gasteiger partial charge in [-0.3, -0.25) is 4.79 Å². The van der Waals surface area contributed by atoms with Crippen LogP contribution in [0.1, 0.15) is 16.1 Å². The van der Waals surface area contributed by atoms with Crippen LogP contribution in [0.2, 0.25) is 0 Å². The Morgan fingerprint density at radius 1 is 1.31 bits per heavy atom. The van der Waals surface area contributed by atoms with Gasteiger partial charge in [-0.1, -0.05) is 6.07 Å². The molecular weight excluding hydrogens is 351 g/mol. The molecule has 0 saturated heterocycles. The smallest absolute Gasteiger partial charge is 0.275 e.